The fourth-order valence-corrected chi connectivity index (χ4v) is 2.30. The van der Waals surface area contributed by atoms with Crippen molar-refractivity contribution in [3.8, 4) is 11.5 Å². The zero-order chi connectivity index (χ0) is 13.2. The SMILES string of the molecule is CC1Oc2ccccc2OC1C(=O)N1CCCCO1. The first-order chi connectivity index (χ1) is 9.25. The summed E-state index contributed by atoms with van der Waals surface area (Å²) >= 11 is 0. The Kier molecular flexibility index (Phi) is 3.29. The molecule has 0 N–H and O–H groups in total. The molecule has 2 aliphatic heterocycles. The van der Waals surface area contributed by atoms with Crippen molar-refractivity contribution in [2.75, 3.05) is 13.2 Å². The Labute approximate surface area is 112 Å². The lowest BCUT2D eigenvalue weighted by Gasteiger charge is -2.35. The van der Waals surface area contributed by atoms with Crippen LogP contribution in [0.15, 0.2) is 24.3 Å². The van der Waals surface area contributed by atoms with Crippen molar-refractivity contribution in [2.45, 2.75) is 32.0 Å². The van der Waals surface area contributed by atoms with Crippen LogP contribution in [0, 0.1) is 0 Å². The lowest BCUT2D eigenvalue weighted by atomic mass is 10.1. The van der Waals surface area contributed by atoms with E-state index in [2.05, 4.69) is 0 Å². The number of rotatable bonds is 1. The highest BCUT2D eigenvalue weighted by Gasteiger charge is 2.37. The van der Waals surface area contributed by atoms with Gasteiger partial charge in [0.15, 0.2) is 11.5 Å². The summed E-state index contributed by atoms with van der Waals surface area (Å²) in [6.07, 6.45) is 0.981. The lowest BCUT2D eigenvalue weighted by Crippen LogP contribution is -2.51. The molecule has 0 saturated carbocycles. The molecule has 1 aromatic carbocycles. The minimum Gasteiger partial charge on any atom is -0.482 e. The second kappa shape index (κ2) is 5.09. The molecule has 2 atom stereocenters. The molecule has 2 heterocycles. The van der Waals surface area contributed by atoms with Crippen LogP contribution in [0.25, 0.3) is 0 Å². The Morgan fingerprint density at radius 3 is 2.63 bits per heavy atom. The zero-order valence-corrected chi connectivity index (χ0v) is 10.9. The van der Waals surface area contributed by atoms with Gasteiger partial charge in [-0.3, -0.25) is 9.63 Å². The normalized spacial score (nSPS) is 26.1. The van der Waals surface area contributed by atoms with Crippen LogP contribution in [0.1, 0.15) is 19.8 Å². The summed E-state index contributed by atoms with van der Waals surface area (Å²) < 4.78 is 11.5. The predicted octanol–water partition coefficient (Wildman–Crippen LogP) is 1.77. The molecule has 3 rings (SSSR count). The van der Waals surface area contributed by atoms with E-state index in [1.165, 1.54) is 5.06 Å². The van der Waals surface area contributed by atoms with E-state index in [9.17, 15) is 4.79 Å². The Balaban J connectivity index is 1.76. The van der Waals surface area contributed by atoms with E-state index < -0.39 is 6.10 Å². The Hall–Kier alpha value is -1.75. The molecule has 5 heteroatoms. The standard InChI is InChI=1S/C14H17NO4/c1-10-13(14(16)15-8-4-5-9-17-15)19-12-7-3-2-6-11(12)18-10/h2-3,6-7,10,13H,4-5,8-9H2,1H3. The molecule has 0 bridgehead atoms. The molecule has 2 unspecified atom stereocenters. The number of fused-ring (bicyclic) bond motifs is 1. The molecule has 102 valence electrons. The summed E-state index contributed by atoms with van der Waals surface area (Å²) in [4.78, 5) is 17.7. The van der Waals surface area contributed by atoms with E-state index in [0.29, 0.717) is 24.7 Å². The first-order valence-corrected chi connectivity index (χ1v) is 6.62. The highest BCUT2D eigenvalue weighted by Crippen LogP contribution is 2.34. The van der Waals surface area contributed by atoms with Crippen LogP contribution in [0.5, 0.6) is 11.5 Å². The summed E-state index contributed by atoms with van der Waals surface area (Å²) in [7, 11) is 0. The van der Waals surface area contributed by atoms with Gasteiger partial charge in [-0.05, 0) is 31.9 Å². The number of hydroxylamine groups is 2. The smallest absolute Gasteiger partial charge is 0.291 e. The number of amides is 1. The van der Waals surface area contributed by atoms with Crippen molar-refractivity contribution in [2.24, 2.45) is 0 Å². The molecule has 1 saturated heterocycles. The van der Waals surface area contributed by atoms with Crippen LogP contribution < -0.4 is 9.47 Å². The van der Waals surface area contributed by atoms with Crippen LogP contribution in [0.3, 0.4) is 0 Å². The summed E-state index contributed by atoms with van der Waals surface area (Å²) in [6.45, 7) is 3.04. The summed E-state index contributed by atoms with van der Waals surface area (Å²) in [5.74, 6) is 1.12. The summed E-state index contributed by atoms with van der Waals surface area (Å²) in [6, 6.07) is 7.38. The monoisotopic (exact) mass is 263 g/mol. The van der Waals surface area contributed by atoms with Crippen LogP contribution in [0.4, 0.5) is 0 Å². The third kappa shape index (κ3) is 2.38. The third-order valence-corrected chi connectivity index (χ3v) is 3.33. The van der Waals surface area contributed by atoms with Crippen LogP contribution in [-0.4, -0.2) is 36.3 Å². The van der Waals surface area contributed by atoms with Crippen molar-refractivity contribution in [1.29, 1.82) is 0 Å². The van der Waals surface area contributed by atoms with Gasteiger partial charge in [-0.25, -0.2) is 5.06 Å². The fraction of sp³-hybridized carbons (Fsp3) is 0.500. The number of ether oxygens (including phenoxy) is 2. The second-order valence-electron chi connectivity index (χ2n) is 4.79. The maximum absolute atomic E-state index is 12.4. The molecule has 0 aliphatic carbocycles. The minimum atomic E-state index is -0.645. The molecule has 2 aliphatic rings. The van der Waals surface area contributed by atoms with Gasteiger partial charge in [-0.1, -0.05) is 12.1 Å². The molecule has 0 spiro atoms. The maximum atomic E-state index is 12.4. The van der Waals surface area contributed by atoms with Crippen LogP contribution in [-0.2, 0) is 9.63 Å². The van der Waals surface area contributed by atoms with E-state index in [-0.39, 0.29) is 12.0 Å². The van der Waals surface area contributed by atoms with Gasteiger partial charge in [0, 0.05) is 6.54 Å². The number of hydrogen-bond acceptors (Lipinski definition) is 4. The number of para-hydroxylation sites is 2. The fourth-order valence-electron chi connectivity index (χ4n) is 2.30. The zero-order valence-electron chi connectivity index (χ0n) is 10.9. The number of carbonyl (C=O) groups is 1. The van der Waals surface area contributed by atoms with E-state index in [0.717, 1.165) is 12.8 Å². The molecule has 1 aromatic rings. The topological polar surface area (TPSA) is 48.0 Å². The van der Waals surface area contributed by atoms with Crippen LogP contribution >= 0.6 is 0 Å². The van der Waals surface area contributed by atoms with E-state index in [4.69, 9.17) is 14.3 Å². The van der Waals surface area contributed by atoms with Crippen molar-refractivity contribution in [3.05, 3.63) is 24.3 Å². The number of hydrogen-bond donors (Lipinski definition) is 0. The van der Waals surface area contributed by atoms with Gasteiger partial charge in [0.1, 0.15) is 6.10 Å². The molecular weight excluding hydrogens is 246 g/mol. The number of nitrogens with zero attached hydrogens (tertiary/aromatic N) is 1. The van der Waals surface area contributed by atoms with Crippen molar-refractivity contribution in [1.82, 2.24) is 5.06 Å². The average molecular weight is 263 g/mol. The Morgan fingerprint density at radius 2 is 1.95 bits per heavy atom. The molecule has 1 fully saturated rings. The largest absolute Gasteiger partial charge is 0.482 e. The maximum Gasteiger partial charge on any atom is 0.291 e. The molecular formula is C14H17NO4. The highest BCUT2D eigenvalue weighted by molar-refractivity contribution is 5.81. The van der Waals surface area contributed by atoms with Gasteiger partial charge in [0.05, 0.1) is 6.61 Å². The Bertz CT molecular complexity index is 470. The first kappa shape index (κ1) is 12.3. The quantitative estimate of drug-likeness (QED) is 0.774. The second-order valence-corrected chi connectivity index (χ2v) is 4.79. The summed E-state index contributed by atoms with van der Waals surface area (Å²) in [5, 5.41) is 1.40. The molecule has 1 amide bonds. The summed E-state index contributed by atoms with van der Waals surface area (Å²) in [5.41, 5.74) is 0. The van der Waals surface area contributed by atoms with Crippen molar-refractivity contribution >= 4 is 5.91 Å². The van der Waals surface area contributed by atoms with Gasteiger partial charge in [-0.2, -0.15) is 0 Å². The highest BCUT2D eigenvalue weighted by atomic mass is 16.7. The predicted molar refractivity (Wildman–Crippen MR) is 67.8 cm³/mol. The van der Waals surface area contributed by atoms with E-state index >= 15 is 0 Å². The van der Waals surface area contributed by atoms with Crippen molar-refractivity contribution < 1.29 is 19.1 Å². The first-order valence-electron chi connectivity index (χ1n) is 6.62. The van der Waals surface area contributed by atoms with E-state index in [1.807, 2.05) is 25.1 Å². The van der Waals surface area contributed by atoms with Gasteiger partial charge in [0.2, 0.25) is 6.10 Å². The van der Waals surface area contributed by atoms with Gasteiger partial charge < -0.3 is 9.47 Å². The minimum absolute atomic E-state index is 0.165. The number of carbonyl (C=O) groups excluding carboxylic acids is 1. The molecule has 0 radical (unpaired) electrons. The molecule has 5 nitrogen and oxygen atoms in total. The van der Waals surface area contributed by atoms with Crippen molar-refractivity contribution in [3.63, 3.8) is 0 Å². The number of benzene rings is 1. The molecule has 19 heavy (non-hydrogen) atoms. The third-order valence-electron chi connectivity index (χ3n) is 3.33. The molecule has 0 aromatic heterocycles. The Morgan fingerprint density at radius 1 is 1.21 bits per heavy atom. The van der Waals surface area contributed by atoms with Gasteiger partial charge >= 0.3 is 0 Å². The average Bonchev–Trinajstić information content (AvgIpc) is 2.47. The van der Waals surface area contributed by atoms with Crippen LogP contribution in [0.2, 0.25) is 0 Å². The van der Waals surface area contributed by atoms with Gasteiger partial charge in [-0.15, -0.1) is 0 Å². The lowest BCUT2D eigenvalue weighted by molar-refractivity contribution is -0.207. The van der Waals surface area contributed by atoms with Gasteiger partial charge in [0.25, 0.3) is 5.91 Å². The van der Waals surface area contributed by atoms with E-state index in [1.54, 1.807) is 6.07 Å².